The minimum Gasteiger partial charge on any atom is -0.410 e. The summed E-state index contributed by atoms with van der Waals surface area (Å²) in [6.07, 6.45) is 5.31. The van der Waals surface area contributed by atoms with Gasteiger partial charge in [0.05, 0.1) is 11.7 Å². The Bertz CT molecular complexity index is 567. The molecular weight excluding hydrogens is 288 g/mol. The highest BCUT2D eigenvalue weighted by atomic mass is 28.4. The predicted molar refractivity (Wildman–Crippen MR) is 93.5 cm³/mol. The third-order valence-electron chi connectivity index (χ3n) is 6.14. The van der Waals surface area contributed by atoms with E-state index in [-0.39, 0.29) is 11.1 Å². The lowest BCUT2D eigenvalue weighted by molar-refractivity contribution is -0.0394. The van der Waals surface area contributed by atoms with E-state index in [0.717, 1.165) is 32.1 Å². The molecule has 122 valence electrons. The van der Waals surface area contributed by atoms with Crippen molar-refractivity contribution in [2.24, 2.45) is 0 Å². The van der Waals surface area contributed by atoms with Crippen molar-refractivity contribution in [2.45, 2.75) is 82.7 Å². The van der Waals surface area contributed by atoms with Crippen LogP contribution in [0.3, 0.4) is 0 Å². The molecule has 3 heteroatoms. The van der Waals surface area contributed by atoms with E-state index in [4.69, 9.17) is 4.43 Å². The lowest BCUT2D eigenvalue weighted by atomic mass is 9.73. The van der Waals surface area contributed by atoms with Crippen LogP contribution in [0.5, 0.6) is 0 Å². The fourth-order valence-electron chi connectivity index (χ4n) is 3.49. The molecule has 1 aromatic rings. The van der Waals surface area contributed by atoms with Gasteiger partial charge in [-0.15, -0.1) is 0 Å². The average Bonchev–Trinajstić information content (AvgIpc) is 2.77. The molecule has 1 aromatic carbocycles. The zero-order valence-corrected chi connectivity index (χ0v) is 15.7. The third kappa shape index (κ3) is 2.57. The monoisotopic (exact) mass is 318 g/mol. The van der Waals surface area contributed by atoms with E-state index in [2.05, 4.69) is 52.1 Å². The summed E-state index contributed by atoms with van der Waals surface area (Å²) in [6, 6.07) is 6.45. The van der Waals surface area contributed by atoms with Gasteiger partial charge >= 0.3 is 0 Å². The summed E-state index contributed by atoms with van der Waals surface area (Å²) in [6.45, 7) is 11.5. The summed E-state index contributed by atoms with van der Waals surface area (Å²) in [4.78, 5) is 0. The highest BCUT2D eigenvalue weighted by molar-refractivity contribution is 6.74. The number of hydrogen-bond donors (Lipinski definition) is 1. The molecule has 0 aromatic heterocycles. The molecule has 0 spiro atoms. The minimum absolute atomic E-state index is 0.222. The molecule has 0 saturated heterocycles. The minimum atomic E-state index is -1.76. The highest BCUT2D eigenvalue weighted by Gasteiger charge is 2.43. The number of rotatable bonds is 3. The smallest absolute Gasteiger partial charge is 0.192 e. The van der Waals surface area contributed by atoms with Gasteiger partial charge in [-0.2, -0.15) is 0 Å². The Morgan fingerprint density at radius 2 is 1.91 bits per heavy atom. The van der Waals surface area contributed by atoms with Gasteiger partial charge in [0, 0.05) is 0 Å². The molecule has 0 heterocycles. The van der Waals surface area contributed by atoms with Gasteiger partial charge in [-0.1, -0.05) is 39.0 Å². The van der Waals surface area contributed by atoms with Gasteiger partial charge in [0.15, 0.2) is 8.32 Å². The molecule has 1 fully saturated rings. The summed E-state index contributed by atoms with van der Waals surface area (Å²) < 4.78 is 6.67. The molecule has 3 rings (SSSR count). The van der Waals surface area contributed by atoms with Crippen molar-refractivity contribution in [3.8, 4) is 0 Å². The van der Waals surface area contributed by atoms with Crippen LogP contribution in [-0.2, 0) is 16.4 Å². The SMILES string of the molecule is CC(C)(C)[Si](C)(C)O[C@H]1CCc2c1cccc2C1(O)CCC1. The van der Waals surface area contributed by atoms with Crippen molar-refractivity contribution in [3.05, 3.63) is 34.9 Å². The van der Waals surface area contributed by atoms with Crippen LogP contribution < -0.4 is 0 Å². The van der Waals surface area contributed by atoms with Gasteiger partial charge in [-0.3, -0.25) is 0 Å². The van der Waals surface area contributed by atoms with E-state index in [9.17, 15) is 5.11 Å². The standard InChI is InChI=1S/C19H30O2Si/c1-18(2,3)22(4,5)21-17-11-10-14-15(17)8-6-9-16(14)19(20)12-7-13-19/h6,8-9,17,20H,7,10-13H2,1-5H3/t17-/m0/s1. The van der Waals surface area contributed by atoms with Crippen LogP contribution in [0, 0.1) is 0 Å². The van der Waals surface area contributed by atoms with Gasteiger partial charge in [-0.05, 0) is 66.9 Å². The van der Waals surface area contributed by atoms with Gasteiger partial charge in [0.2, 0.25) is 0 Å². The number of benzene rings is 1. The second-order valence-electron chi connectivity index (χ2n) is 8.66. The second-order valence-corrected chi connectivity index (χ2v) is 13.4. The van der Waals surface area contributed by atoms with Crippen molar-refractivity contribution >= 4 is 8.32 Å². The molecule has 22 heavy (non-hydrogen) atoms. The maximum Gasteiger partial charge on any atom is 0.192 e. The Balaban J connectivity index is 1.89. The predicted octanol–water partition coefficient (Wildman–Crippen LogP) is 5.07. The summed E-state index contributed by atoms with van der Waals surface area (Å²) in [5, 5.41) is 11.0. The Morgan fingerprint density at radius 3 is 2.45 bits per heavy atom. The Morgan fingerprint density at radius 1 is 1.23 bits per heavy atom. The van der Waals surface area contributed by atoms with Crippen LogP contribution >= 0.6 is 0 Å². The molecule has 1 N–H and O–H groups in total. The number of fused-ring (bicyclic) bond motifs is 1. The van der Waals surface area contributed by atoms with Crippen molar-refractivity contribution < 1.29 is 9.53 Å². The molecule has 0 unspecified atom stereocenters. The summed E-state index contributed by atoms with van der Waals surface area (Å²) in [7, 11) is -1.76. The topological polar surface area (TPSA) is 29.5 Å². The Kier molecular flexibility index (Phi) is 3.82. The van der Waals surface area contributed by atoms with Crippen molar-refractivity contribution in [1.29, 1.82) is 0 Å². The summed E-state index contributed by atoms with van der Waals surface area (Å²) in [5.74, 6) is 0. The van der Waals surface area contributed by atoms with Gasteiger partial charge in [-0.25, -0.2) is 0 Å². The molecule has 0 amide bonds. The van der Waals surface area contributed by atoms with Crippen molar-refractivity contribution in [2.75, 3.05) is 0 Å². The van der Waals surface area contributed by atoms with Crippen LogP contribution in [0.4, 0.5) is 0 Å². The number of aliphatic hydroxyl groups is 1. The van der Waals surface area contributed by atoms with E-state index < -0.39 is 13.9 Å². The van der Waals surface area contributed by atoms with Gasteiger partial charge in [0.25, 0.3) is 0 Å². The molecule has 1 atom stereocenters. The normalized spacial score (nSPS) is 24.0. The molecule has 2 nitrogen and oxygen atoms in total. The first kappa shape index (κ1) is 16.2. The molecule has 2 aliphatic carbocycles. The van der Waals surface area contributed by atoms with Gasteiger partial charge in [0.1, 0.15) is 0 Å². The molecular formula is C19H30O2Si. The van der Waals surface area contributed by atoms with Crippen LogP contribution in [0.25, 0.3) is 0 Å². The summed E-state index contributed by atoms with van der Waals surface area (Å²) in [5.41, 5.74) is 3.32. The highest BCUT2D eigenvalue weighted by Crippen LogP contribution is 2.48. The van der Waals surface area contributed by atoms with Crippen LogP contribution in [0.1, 0.15) is 69.2 Å². The van der Waals surface area contributed by atoms with E-state index in [1.807, 2.05) is 0 Å². The third-order valence-corrected chi connectivity index (χ3v) is 10.6. The zero-order chi connectivity index (χ0) is 16.2. The summed E-state index contributed by atoms with van der Waals surface area (Å²) >= 11 is 0. The lowest BCUT2D eigenvalue weighted by Gasteiger charge is -2.39. The first-order valence-corrected chi connectivity index (χ1v) is 11.6. The fourth-order valence-corrected chi connectivity index (χ4v) is 4.80. The molecule has 1 saturated carbocycles. The zero-order valence-electron chi connectivity index (χ0n) is 14.7. The molecule has 0 aliphatic heterocycles. The lowest BCUT2D eigenvalue weighted by Crippen LogP contribution is -2.41. The second kappa shape index (κ2) is 5.18. The Labute approximate surface area is 136 Å². The largest absolute Gasteiger partial charge is 0.410 e. The number of hydrogen-bond acceptors (Lipinski definition) is 2. The van der Waals surface area contributed by atoms with Crippen LogP contribution in [-0.4, -0.2) is 13.4 Å². The van der Waals surface area contributed by atoms with Crippen LogP contribution in [0.15, 0.2) is 18.2 Å². The van der Waals surface area contributed by atoms with Crippen LogP contribution in [0.2, 0.25) is 18.1 Å². The van der Waals surface area contributed by atoms with Crippen molar-refractivity contribution in [3.63, 3.8) is 0 Å². The Hall–Kier alpha value is -0.643. The van der Waals surface area contributed by atoms with E-state index in [1.54, 1.807) is 0 Å². The van der Waals surface area contributed by atoms with E-state index >= 15 is 0 Å². The van der Waals surface area contributed by atoms with Crippen molar-refractivity contribution in [1.82, 2.24) is 0 Å². The fraction of sp³-hybridized carbons (Fsp3) is 0.684. The van der Waals surface area contributed by atoms with E-state index in [1.165, 1.54) is 16.7 Å². The maximum absolute atomic E-state index is 10.8. The first-order chi connectivity index (χ1) is 10.1. The van der Waals surface area contributed by atoms with Gasteiger partial charge < -0.3 is 9.53 Å². The molecule has 0 bridgehead atoms. The molecule has 2 aliphatic rings. The quantitative estimate of drug-likeness (QED) is 0.789. The van der Waals surface area contributed by atoms with E-state index in [0.29, 0.717) is 0 Å². The molecule has 0 radical (unpaired) electrons. The maximum atomic E-state index is 10.8. The average molecular weight is 319 g/mol. The first-order valence-electron chi connectivity index (χ1n) is 8.67.